The number of nitrogens with zero attached hydrogens (tertiary/aromatic N) is 1. The Bertz CT molecular complexity index is 732. The Morgan fingerprint density at radius 2 is 1.74 bits per heavy atom. The Balaban J connectivity index is 1.86. The molecule has 0 heterocycles. The van der Waals surface area contributed by atoms with Crippen LogP contribution in [0.5, 0.6) is 17.2 Å². The summed E-state index contributed by atoms with van der Waals surface area (Å²) in [5.41, 5.74) is 3.38. The number of aliphatic hydroxyl groups excluding tert-OH is 1. The number of likely N-dealkylation sites (N-methyl/N-ethyl adjacent to an activating group) is 1. The molecule has 0 bridgehead atoms. The van der Waals surface area contributed by atoms with E-state index in [0.717, 1.165) is 28.4 Å². The summed E-state index contributed by atoms with van der Waals surface area (Å²) < 4.78 is 16.7. The Morgan fingerprint density at radius 1 is 1.00 bits per heavy atom. The van der Waals surface area contributed by atoms with Gasteiger partial charge in [0.25, 0.3) is 0 Å². The molecule has 2 rings (SSSR count). The number of hydrogen-bond donors (Lipinski definition) is 1. The minimum Gasteiger partial charge on any atom is -0.493 e. The summed E-state index contributed by atoms with van der Waals surface area (Å²) in [6.07, 6.45) is -0.569. The molecule has 5 nitrogen and oxygen atoms in total. The summed E-state index contributed by atoms with van der Waals surface area (Å²) >= 11 is 0. The van der Waals surface area contributed by atoms with Crippen molar-refractivity contribution in [3.05, 3.63) is 53.1 Å². The van der Waals surface area contributed by atoms with E-state index in [1.807, 2.05) is 51.2 Å². The maximum Gasteiger partial charge on any atom is 0.161 e. The van der Waals surface area contributed by atoms with E-state index in [1.54, 1.807) is 7.11 Å². The summed E-state index contributed by atoms with van der Waals surface area (Å²) in [6, 6.07) is 12.0. The van der Waals surface area contributed by atoms with Crippen LogP contribution in [0.4, 0.5) is 0 Å². The molecule has 0 aromatic heterocycles. The summed E-state index contributed by atoms with van der Waals surface area (Å²) in [6.45, 7) is 8.09. The fraction of sp³-hybridized carbons (Fsp3) is 0.455. The molecule has 0 aliphatic rings. The molecule has 148 valence electrons. The Morgan fingerprint density at radius 3 is 2.41 bits per heavy atom. The van der Waals surface area contributed by atoms with Crippen molar-refractivity contribution >= 4 is 0 Å². The van der Waals surface area contributed by atoms with E-state index in [2.05, 4.69) is 17.9 Å². The van der Waals surface area contributed by atoms with E-state index < -0.39 is 6.10 Å². The predicted molar refractivity (Wildman–Crippen MR) is 108 cm³/mol. The average Bonchev–Trinajstić information content (AvgIpc) is 2.62. The van der Waals surface area contributed by atoms with Crippen LogP contribution in [0.25, 0.3) is 0 Å². The third-order valence-corrected chi connectivity index (χ3v) is 4.26. The van der Waals surface area contributed by atoms with Crippen molar-refractivity contribution in [3.8, 4) is 17.2 Å². The lowest BCUT2D eigenvalue weighted by Crippen LogP contribution is -2.32. The smallest absolute Gasteiger partial charge is 0.161 e. The van der Waals surface area contributed by atoms with E-state index in [-0.39, 0.29) is 6.61 Å². The molecule has 0 saturated heterocycles. The van der Waals surface area contributed by atoms with Crippen LogP contribution >= 0.6 is 0 Å². The van der Waals surface area contributed by atoms with Crippen LogP contribution in [0.3, 0.4) is 0 Å². The van der Waals surface area contributed by atoms with Gasteiger partial charge in [-0.05, 0) is 57.1 Å². The topological polar surface area (TPSA) is 51.2 Å². The lowest BCUT2D eigenvalue weighted by atomic mass is 10.1. The van der Waals surface area contributed by atoms with Gasteiger partial charge in [0, 0.05) is 13.1 Å². The normalized spacial score (nSPS) is 12.1. The Kier molecular flexibility index (Phi) is 7.95. The molecular weight excluding hydrogens is 342 g/mol. The van der Waals surface area contributed by atoms with Gasteiger partial charge in [-0.2, -0.15) is 0 Å². The SMILES string of the molecule is CCOc1ccc(CN(C)C[C@H](O)COc2ccc(C)cc2C)cc1OC. The van der Waals surface area contributed by atoms with Gasteiger partial charge in [-0.3, -0.25) is 4.90 Å². The van der Waals surface area contributed by atoms with Crippen molar-refractivity contribution in [2.24, 2.45) is 0 Å². The highest BCUT2D eigenvalue weighted by atomic mass is 16.5. The van der Waals surface area contributed by atoms with Gasteiger partial charge in [-0.25, -0.2) is 0 Å². The van der Waals surface area contributed by atoms with Crippen LogP contribution in [-0.4, -0.2) is 50.0 Å². The van der Waals surface area contributed by atoms with E-state index in [0.29, 0.717) is 19.7 Å². The summed E-state index contributed by atoms with van der Waals surface area (Å²) in [7, 11) is 3.61. The number of rotatable bonds is 10. The zero-order valence-corrected chi connectivity index (χ0v) is 17.0. The van der Waals surface area contributed by atoms with Gasteiger partial charge in [0.05, 0.1) is 13.7 Å². The number of benzene rings is 2. The molecule has 1 N–H and O–H groups in total. The van der Waals surface area contributed by atoms with Gasteiger partial charge >= 0.3 is 0 Å². The molecular formula is C22H31NO4. The summed E-state index contributed by atoms with van der Waals surface area (Å²) in [5.74, 6) is 2.29. The first-order valence-electron chi connectivity index (χ1n) is 9.29. The summed E-state index contributed by atoms with van der Waals surface area (Å²) in [4.78, 5) is 2.06. The van der Waals surface area contributed by atoms with Crippen molar-refractivity contribution in [2.75, 3.05) is 33.9 Å². The maximum absolute atomic E-state index is 10.3. The molecule has 0 saturated carbocycles. The minimum absolute atomic E-state index is 0.265. The van der Waals surface area contributed by atoms with Crippen molar-refractivity contribution in [2.45, 2.75) is 33.4 Å². The molecule has 5 heteroatoms. The Labute approximate surface area is 162 Å². The second-order valence-corrected chi connectivity index (χ2v) is 6.85. The lowest BCUT2D eigenvalue weighted by molar-refractivity contribution is 0.0741. The van der Waals surface area contributed by atoms with Crippen LogP contribution < -0.4 is 14.2 Å². The van der Waals surface area contributed by atoms with Gasteiger partial charge < -0.3 is 19.3 Å². The molecule has 0 aliphatic heterocycles. The zero-order valence-electron chi connectivity index (χ0n) is 17.0. The highest BCUT2D eigenvalue weighted by Gasteiger charge is 2.12. The average molecular weight is 373 g/mol. The number of methoxy groups -OCH3 is 1. The highest BCUT2D eigenvalue weighted by molar-refractivity contribution is 5.43. The first kappa shape index (κ1) is 21.1. The number of aryl methyl sites for hydroxylation is 2. The molecule has 0 amide bonds. The molecule has 2 aromatic carbocycles. The van der Waals surface area contributed by atoms with Gasteiger partial charge in [0.15, 0.2) is 11.5 Å². The highest BCUT2D eigenvalue weighted by Crippen LogP contribution is 2.28. The molecule has 27 heavy (non-hydrogen) atoms. The molecule has 0 unspecified atom stereocenters. The largest absolute Gasteiger partial charge is 0.493 e. The second kappa shape index (κ2) is 10.2. The lowest BCUT2D eigenvalue weighted by Gasteiger charge is -2.22. The van der Waals surface area contributed by atoms with Crippen LogP contribution in [0, 0.1) is 13.8 Å². The van der Waals surface area contributed by atoms with Crippen LogP contribution in [0.2, 0.25) is 0 Å². The molecule has 2 aromatic rings. The third-order valence-electron chi connectivity index (χ3n) is 4.26. The van der Waals surface area contributed by atoms with E-state index in [4.69, 9.17) is 14.2 Å². The van der Waals surface area contributed by atoms with Crippen LogP contribution in [0.15, 0.2) is 36.4 Å². The van der Waals surface area contributed by atoms with Crippen LogP contribution in [0.1, 0.15) is 23.6 Å². The first-order chi connectivity index (χ1) is 12.9. The first-order valence-corrected chi connectivity index (χ1v) is 9.29. The van der Waals surface area contributed by atoms with E-state index >= 15 is 0 Å². The zero-order chi connectivity index (χ0) is 19.8. The van der Waals surface area contributed by atoms with Crippen molar-refractivity contribution in [1.29, 1.82) is 0 Å². The predicted octanol–water partition coefficient (Wildman–Crippen LogP) is 3.58. The number of aliphatic hydroxyl groups is 1. The molecule has 0 aliphatic carbocycles. The van der Waals surface area contributed by atoms with E-state index in [1.165, 1.54) is 5.56 Å². The van der Waals surface area contributed by atoms with Gasteiger partial charge in [0.1, 0.15) is 18.5 Å². The maximum atomic E-state index is 10.3. The quantitative estimate of drug-likeness (QED) is 0.690. The van der Waals surface area contributed by atoms with Crippen LogP contribution in [-0.2, 0) is 6.54 Å². The monoisotopic (exact) mass is 373 g/mol. The van der Waals surface area contributed by atoms with Crippen molar-refractivity contribution in [1.82, 2.24) is 4.90 Å². The van der Waals surface area contributed by atoms with Gasteiger partial charge in [0.2, 0.25) is 0 Å². The summed E-state index contributed by atoms with van der Waals surface area (Å²) in [5, 5.41) is 10.3. The number of ether oxygens (including phenoxy) is 3. The molecule has 1 atom stereocenters. The molecule has 0 radical (unpaired) electrons. The Hall–Kier alpha value is -2.24. The van der Waals surface area contributed by atoms with Gasteiger partial charge in [-0.15, -0.1) is 0 Å². The fourth-order valence-electron chi connectivity index (χ4n) is 3.02. The van der Waals surface area contributed by atoms with Crippen molar-refractivity contribution in [3.63, 3.8) is 0 Å². The van der Waals surface area contributed by atoms with Crippen molar-refractivity contribution < 1.29 is 19.3 Å². The van der Waals surface area contributed by atoms with E-state index in [9.17, 15) is 5.11 Å². The minimum atomic E-state index is -0.569. The molecule has 0 spiro atoms. The fourth-order valence-corrected chi connectivity index (χ4v) is 3.02. The number of hydrogen-bond acceptors (Lipinski definition) is 5. The third kappa shape index (κ3) is 6.45. The standard InChI is InChI=1S/C22H31NO4/c1-6-26-21-10-8-18(12-22(21)25-5)13-23(4)14-19(24)15-27-20-9-7-16(2)11-17(20)3/h7-12,19,24H,6,13-15H2,1-5H3/t19-/m0/s1. The molecule has 0 fully saturated rings. The van der Waals surface area contributed by atoms with Gasteiger partial charge in [-0.1, -0.05) is 23.8 Å². The second-order valence-electron chi connectivity index (χ2n) is 6.85.